The summed E-state index contributed by atoms with van der Waals surface area (Å²) in [7, 11) is 1.77. The minimum Gasteiger partial charge on any atom is -0.383 e. The molecule has 0 radical (unpaired) electrons. The molecule has 102 valence electrons. The van der Waals surface area contributed by atoms with Crippen LogP contribution in [-0.2, 0) is 12.6 Å². The van der Waals surface area contributed by atoms with Crippen LogP contribution in [0.5, 0.6) is 0 Å². The van der Waals surface area contributed by atoms with Crippen molar-refractivity contribution in [3.8, 4) is 0 Å². The number of hydrogen-bond donors (Lipinski definition) is 2. The second-order valence-electron chi connectivity index (χ2n) is 4.74. The normalized spacial score (nSPS) is 14.1. The maximum absolute atomic E-state index is 12.0. The number of thiophene rings is 1. The second-order valence-corrected chi connectivity index (χ2v) is 5.68. The third-order valence-electron chi connectivity index (χ3n) is 2.90. The van der Waals surface area contributed by atoms with Crippen molar-refractivity contribution < 1.29 is 9.90 Å². The first-order chi connectivity index (χ1) is 8.90. The third-order valence-corrected chi connectivity index (χ3v) is 4.03. The van der Waals surface area contributed by atoms with Crippen LogP contribution in [0.25, 0.3) is 0 Å². The minimum atomic E-state index is -1.06. The van der Waals surface area contributed by atoms with Crippen molar-refractivity contribution in [2.45, 2.75) is 19.4 Å². The lowest BCUT2D eigenvalue weighted by Gasteiger charge is -2.22. The Kier molecular flexibility index (Phi) is 3.73. The summed E-state index contributed by atoms with van der Waals surface area (Å²) < 4.78 is 1.60. The van der Waals surface area contributed by atoms with Gasteiger partial charge in [-0.05, 0) is 25.3 Å². The van der Waals surface area contributed by atoms with Gasteiger partial charge in [-0.25, -0.2) is 0 Å². The lowest BCUT2D eigenvalue weighted by molar-refractivity contribution is 0.0556. The molecule has 0 saturated carbocycles. The van der Waals surface area contributed by atoms with Gasteiger partial charge in [0.25, 0.3) is 5.91 Å². The molecule has 5 nitrogen and oxygen atoms in total. The fourth-order valence-corrected chi connectivity index (χ4v) is 2.63. The predicted octanol–water partition coefficient (Wildman–Crippen LogP) is 1.43. The van der Waals surface area contributed by atoms with E-state index in [1.807, 2.05) is 17.5 Å². The van der Waals surface area contributed by atoms with Crippen LogP contribution >= 0.6 is 11.3 Å². The fourth-order valence-electron chi connectivity index (χ4n) is 1.84. The second kappa shape index (κ2) is 5.14. The van der Waals surface area contributed by atoms with Crippen molar-refractivity contribution >= 4 is 17.2 Å². The maximum atomic E-state index is 12.0. The molecule has 0 spiro atoms. The fraction of sp³-hybridized carbons (Fsp3) is 0.385. The molecule has 0 aliphatic rings. The molecule has 0 aliphatic carbocycles. The van der Waals surface area contributed by atoms with E-state index in [4.69, 9.17) is 0 Å². The summed E-state index contributed by atoms with van der Waals surface area (Å²) in [6.45, 7) is 3.64. The van der Waals surface area contributed by atoms with E-state index < -0.39 is 5.60 Å². The van der Waals surface area contributed by atoms with Gasteiger partial charge in [-0.15, -0.1) is 11.3 Å². The van der Waals surface area contributed by atoms with Crippen molar-refractivity contribution in [2.75, 3.05) is 6.54 Å². The number of carbonyl (C=O) groups excluding carboxylic acids is 1. The SMILES string of the molecule is Cc1nn(C)cc1C(=O)NCC(C)(O)c1cccs1. The number of nitrogens with zero attached hydrogens (tertiary/aromatic N) is 2. The van der Waals surface area contributed by atoms with Crippen molar-refractivity contribution in [1.29, 1.82) is 0 Å². The molecule has 2 heterocycles. The van der Waals surface area contributed by atoms with Crippen LogP contribution in [0.3, 0.4) is 0 Å². The lowest BCUT2D eigenvalue weighted by atomic mass is 10.1. The molecule has 0 aromatic carbocycles. The van der Waals surface area contributed by atoms with Gasteiger partial charge in [0, 0.05) is 18.1 Å². The Hall–Kier alpha value is -1.66. The van der Waals surface area contributed by atoms with Crippen molar-refractivity contribution in [3.05, 3.63) is 39.8 Å². The average molecular weight is 279 g/mol. The van der Waals surface area contributed by atoms with E-state index in [2.05, 4.69) is 10.4 Å². The zero-order valence-corrected chi connectivity index (χ0v) is 12.0. The molecule has 2 aromatic rings. The number of aromatic nitrogens is 2. The van der Waals surface area contributed by atoms with Gasteiger partial charge in [0.1, 0.15) is 5.60 Å². The number of aliphatic hydroxyl groups is 1. The monoisotopic (exact) mass is 279 g/mol. The number of carbonyl (C=O) groups is 1. The van der Waals surface area contributed by atoms with E-state index in [-0.39, 0.29) is 12.5 Å². The van der Waals surface area contributed by atoms with Crippen LogP contribution < -0.4 is 5.32 Å². The zero-order chi connectivity index (χ0) is 14.0. The van der Waals surface area contributed by atoms with Gasteiger partial charge in [-0.1, -0.05) is 6.07 Å². The van der Waals surface area contributed by atoms with Gasteiger partial charge in [0.15, 0.2) is 0 Å². The van der Waals surface area contributed by atoms with Gasteiger partial charge in [-0.3, -0.25) is 9.48 Å². The van der Waals surface area contributed by atoms with E-state index in [9.17, 15) is 9.90 Å². The Morgan fingerprint density at radius 1 is 1.63 bits per heavy atom. The highest BCUT2D eigenvalue weighted by molar-refractivity contribution is 7.10. The van der Waals surface area contributed by atoms with Gasteiger partial charge >= 0.3 is 0 Å². The molecule has 0 fully saturated rings. The Balaban J connectivity index is 2.03. The van der Waals surface area contributed by atoms with Crippen molar-refractivity contribution in [3.63, 3.8) is 0 Å². The summed E-state index contributed by atoms with van der Waals surface area (Å²) in [5.41, 5.74) is 0.153. The first-order valence-electron chi connectivity index (χ1n) is 5.95. The Morgan fingerprint density at radius 2 is 2.37 bits per heavy atom. The van der Waals surface area contributed by atoms with Crippen molar-refractivity contribution in [1.82, 2.24) is 15.1 Å². The first-order valence-corrected chi connectivity index (χ1v) is 6.83. The van der Waals surface area contributed by atoms with E-state index in [1.54, 1.807) is 31.8 Å². The van der Waals surface area contributed by atoms with Crippen LogP contribution in [-0.4, -0.2) is 27.3 Å². The highest BCUT2D eigenvalue weighted by atomic mass is 32.1. The van der Waals surface area contributed by atoms with Crippen molar-refractivity contribution in [2.24, 2.45) is 7.05 Å². The summed E-state index contributed by atoms with van der Waals surface area (Å²) in [4.78, 5) is 12.9. The number of hydrogen-bond acceptors (Lipinski definition) is 4. The van der Waals surface area contributed by atoms with E-state index >= 15 is 0 Å². The smallest absolute Gasteiger partial charge is 0.254 e. The summed E-state index contributed by atoms with van der Waals surface area (Å²) in [6.07, 6.45) is 1.67. The van der Waals surface area contributed by atoms with E-state index in [0.717, 1.165) is 4.88 Å². The molecule has 19 heavy (non-hydrogen) atoms. The molecule has 0 bridgehead atoms. The number of rotatable bonds is 4. The first kappa shape index (κ1) is 13.8. The molecule has 1 amide bonds. The Labute approximate surface area is 115 Å². The molecule has 0 aliphatic heterocycles. The summed E-state index contributed by atoms with van der Waals surface area (Å²) in [5, 5.41) is 19.1. The third kappa shape index (κ3) is 3.02. The molecule has 6 heteroatoms. The highest BCUT2D eigenvalue weighted by Gasteiger charge is 2.25. The van der Waals surface area contributed by atoms with Gasteiger partial charge in [0.05, 0.1) is 17.8 Å². The van der Waals surface area contributed by atoms with Gasteiger partial charge in [0.2, 0.25) is 0 Å². The summed E-state index contributed by atoms with van der Waals surface area (Å²) in [6, 6.07) is 3.73. The molecule has 2 N–H and O–H groups in total. The minimum absolute atomic E-state index is 0.167. The van der Waals surface area contributed by atoms with Gasteiger partial charge in [-0.2, -0.15) is 5.10 Å². The average Bonchev–Trinajstić information content (AvgIpc) is 2.96. The van der Waals surface area contributed by atoms with Crippen LogP contribution in [0.4, 0.5) is 0 Å². The predicted molar refractivity (Wildman–Crippen MR) is 74.2 cm³/mol. The lowest BCUT2D eigenvalue weighted by Crippen LogP contribution is -2.38. The van der Waals surface area contributed by atoms with Crippen LogP contribution in [0.1, 0.15) is 27.9 Å². The number of amides is 1. The molecule has 2 aromatic heterocycles. The highest BCUT2D eigenvalue weighted by Crippen LogP contribution is 2.24. The topological polar surface area (TPSA) is 67.2 Å². The number of nitrogens with one attached hydrogen (secondary N) is 1. The molecule has 2 rings (SSSR count). The molecule has 1 atom stereocenters. The molecular weight excluding hydrogens is 262 g/mol. The van der Waals surface area contributed by atoms with E-state index in [0.29, 0.717) is 11.3 Å². The van der Waals surface area contributed by atoms with Crippen LogP contribution in [0.2, 0.25) is 0 Å². The zero-order valence-electron chi connectivity index (χ0n) is 11.2. The van der Waals surface area contributed by atoms with Crippen LogP contribution in [0.15, 0.2) is 23.7 Å². The Bertz CT molecular complexity index is 573. The standard InChI is InChI=1S/C13H17N3O2S/c1-9-10(7-16(3)15-9)12(17)14-8-13(2,18)11-5-4-6-19-11/h4-7,18H,8H2,1-3H3,(H,14,17). The van der Waals surface area contributed by atoms with Crippen LogP contribution in [0, 0.1) is 6.92 Å². The summed E-state index contributed by atoms with van der Waals surface area (Å²) >= 11 is 1.47. The largest absolute Gasteiger partial charge is 0.383 e. The maximum Gasteiger partial charge on any atom is 0.254 e. The van der Waals surface area contributed by atoms with Gasteiger partial charge < -0.3 is 10.4 Å². The molecule has 1 unspecified atom stereocenters. The number of aryl methyl sites for hydroxylation is 2. The Morgan fingerprint density at radius 3 is 2.89 bits per heavy atom. The quantitative estimate of drug-likeness (QED) is 0.889. The summed E-state index contributed by atoms with van der Waals surface area (Å²) in [5.74, 6) is -0.220. The molecule has 0 saturated heterocycles. The van der Waals surface area contributed by atoms with E-state index in [1.165, 1.54) is 11.3 Å². The molecular formula is C13H17N3O2S.